The van der Waals surface area contributed by atoms with Gasteiger partial charge in [-0.1, -0.05) is 7.43 Å². The molecule has 6 atom stereocenters. The lowest BCUT2D eigenvalue weighted by molar-refractivity contribution is -0.166. The number of rotatable bonds is 6. The van der Waals surface area contributed by atoms with Crippen molar-refractivity contribution in [3.8, 4) is 0 Å². The summed E-state index contributed by atoms with van der Waals surface area (Å²) in [5, 5.41) is 19.2. The number of halogens is 2. The Hall–Kier alpha value is -5.68. The van der Waals surface area contributed by atoms with Gasteiger partial charge in [0, 0.05) is 26.7 Å². The van der Waals surface area contributed by atoms with E-state index in [1.54, 1.807) is 0 Å². The molecule has 2 aliphatic heterocycles. The molecule has 0 bridgehead atoms. The third-order valence-corrected chi connectivity index (χ3v) is 7.40. The van der Waals surface area contributed by atoms with Crippen molar-refractivity contribution in [3.63, 3.8) is 0 Å². The quantitative estimate of drug-likeness (QED) is 0.123. The van der Waals surface area contributed by atoms with Gasteiger partial charge < -0.3 is 31.2 Å². The minimum atomic E-state index is -1.75. The Morgan fingerprint density at radius 1 is 0.939 bits per heavy atom. The lowest BCUT2D eigenvalue weighted by Crippen LogP contribution is -2.43. The number of ether oxygens (including phenoxy) is 4. The summed E-state index contributed by atoms with van der Waals surface area (Å²) in [5.41, 5.74) is 8.20. The van der Waals surface area contributed by atoms with Gasteiger partial charge in [0.05, 0.1) is 12.7 Å². The predicted molar refractivity (Wildman–Crippen MR) is 160 cm³/mol. The van der Waals surface area contributed by atoms with Crippen molar-refractivity contribution in [1.29, 1.82) is 0 Å². The maximum atomic E-state index is 13.6. The minimum absolute atomic E-state index is 0. The number of aliphatic hydroxyl groups excluding tert-OH is 2. The molecule has 2 fully saturated rings. The molecule has 0 amide bonds. The lowest BCUT2D eigenvalue weighted by Gasteiger charge is -2.21. The van der Waals surface area contributed by atoms with Gasteiger partial charge in [0.1, 0.15) is 12.5 Å². The van der Waals surface area contributed by atoms with Crippen molar-refractivity contribution < 1.29 is 47.5 Å². The van der Waals surface area contributed by atoms with E-state index >= 15 is 0 Å². The highest BCUT2D eigenvalue weighted by Gasteiger charge is 2.60. The third kappa shape index (κ3) is 6.70. The third-order valence-electron chi connectivity index (χ3n) is 7.40. The van der Waals surface area contributed by atoms with Gasteiger partial charge in [-0.15, -0.1) is 0 Å². The van der Waals surface area contributed by atoms with Crippen LogP contribution in [0, 0.1) is 25.3 Å². The van der Waals surface area contributed by atoms with E-state index in [4.69, 9.17) is 43.6 Å². The molecular weight excluding hydrogens is 658 g/mol. The molecule has 0 aliphatic carbocycles. The Morgan fingerprint density at radius 3 is 1.86 bits per heavy atom. The number of nitrogens with zero attached hydrogens (tertiary/aromatic N) is 10. The van der Waals surface area contributed by atoms with E-state index in [0.29, 0.717) is 0 Å². The monoisotopic (exact) mass is 688 g/mol. The van der Waals surface area contributed by atoms with Crippen LogP contribution in [0.3, 0.4) is 0 Å². The van der Waals surface area contributed by atoms with Crippen LogP contribution >= 0.6 is 0 Å². The fraction of sp³-hybridized carbons (Fsp3) is 0.481. The molecule has 0 unspecified atom stereocenters. The normalized spacial score (nSPS) is 25.9. The average Bonchev–Trinajstić information content (AvgIpc) is 3.80. The number of hydrogen-bond acceptors (Lipinski definition) is 16. The molecular formula is C27H30F2N12O8. The summed E-state index contributed by atoms with van der Waals surface area (Å²) in [6.45, 7) is 15.8. The van der Waals surface area contributed by atoms with E-state index in [2.05, 4.69) is 39.6 Å². The molecule has 4 aromatic rings. The highest BCUT2D eigenvalue weighted by molar-refractivity contribution is 5.82. The Balaban J connectivity index is 0.000000223. The van der Waals surface area contributed by atoms with Gasteiger partial charge in [0.2, 0.25) is 12.7 Å². The first-order valence-corrected chi connectivity index (χ1v) is 13.8. The molecule has 2 saturated heterocycles. The molecule has 260 valence electrons. The minimum Gasteiger partial charge on any atom is -0.454 e. The highest BCUT2D eigenvalue weighted by Crippen LogP contribution is 2.42. The number of aliphatic hydroxyl groups is 2. The van der Waals surface area contributed by atoms with Crippen molar-refractivity contribution in [1.82, 2.24) is 39.0 Å². The molecule has 49 heavy (non-hydrogen) atoms. The summed E-state index contributed by atoms with van der Waals surface area (Å²) < 4.78 is 50.9. The summed E-state index contributed by atoms with van der Waals surface area (Å²) in [7, 11) is 0. The van der Waals surface area contributed by atoms with Crippen LogP contribution in [-0.4, -0.2) is 98.1 Å². The number of anilines is 2. The largest absolute Gasteiger partial charge is 0.454 e. The van der Waals surface area contributed by atoms with Crippen LogP contribution in [0.1, 0.15) is 46.6 Å². The summed E-state index contributed by atoms with van der Waals surface area (Å²) in [5.74, 6) is -1.52. The van der Waals surface area contributed by atoms with Crippen molar-refractivity contribution in [2.75, 3.05) is 24.7 Å². The van der Waals surface area contributed by atoms with E-state index < -0.39 is 73.4 Å². The maximum absolute atomic E-state index is 13.6. The summed E-state index contributed by atoms with van der Waals surface area (Å²) in [4.78, 5) is 51.2. The Kier molecular flexibility index (Phi) is 10.2. The molecule has 0 saturated carbocycles. The van der Waals surface area contributed by atoms with Crippen molar-refractivity contribution in [2.24, 2.45) is 0 Å². The number of hydrogen-bond donors (Lipinski definition) is 4. The van der Waals surface area contributed by atoms with Gasteiger partial charge in [-0.2, -0.15) is 28.7 Å². The van der Waals surface area contributed by atoms with E-state index in [-0.39, 0.29) is 54.2 Å². The SMILES string of the molecule is C.[C-]#[N+][C@]1(CO)O[C@@H](n2cnc3c(N)nc(F)nc32)C[C@H]1O.[C-]#[N+][C@]1(COC(C)=O)O[C@@H](n2cnc3c(N)nc(F)nc32)C[C@H]1OC(C)=O. The highest BCUT2D eigenvalue weighted by atomic mass is 19.1. The predicted octanol–water partition coefficient (Wildman–Crippen LogP) is 0.648. The number of imidazole rings is 2. The molecule has 20 nitrogen and oxygen atoms in total. The molecule has 6 heterocycles. The van der Waals surface area contributed by atoms with Crippen LogP contribution in [0.2, 0.25) is 0 Å². The van der Waals surface area contributed by atoms with Crippen molar-refractivity contribution in [2.45, 2.75) is 70.2 Å². The van der Waals surface area contributed by atoms with Crippen LogP contribution in [0.5, 0.6) is 0 Å². The van der Waals surface area contributed by atoms with E-state index in [1.807, 2.05) is 0 Å². The second-order valence-electron chi connectivity index (χ2n) is 10.5. The molecule has 0 aromatic carbocycles. The van der Waals surface area contributed by atoms with Gasteiger partial charge >= 0.3 is 35.5 Å². The lowest BCUT2D eigenvalue weighted by atomic mass is 10.1. The number of nitrogens with two attached hydrogens (primary N) is 2. The first kappa shape index (κ1) is 36.2. The molecule has 2 aliphatic rings. The molecule has 6 N–H and O–H groups in total. The standard InChI is InChI=1S/C15H15FN6O5.C11H11FN6O3.CH4/c1-7(23)25-5-15(18-3)9(26-8(2)24)4-10(27-15)22-6-19-11-12(17)20-14(16)21-13(11)22;1-14-11(3-19)5(20)2-6(21-11)18-4-15-7-8(13)16-10(12)17-9(7)18;/h6,9-10H,4-5H2,1-2H3,(H2,17,20,21);4-6,19-20H,2-3H2,(H2,13,16,17);1H4/t9-,10-,15-;5-,6-,11-;/m11./s1. The maximum Gasteiger partial charge on any atom is 0.409 e. The topological polar surface area (TPSA) is 259 Å². The fourth-order valence-electron chi connectivity index (χ4n) is 5.13. The fourth-order valence-corrected chi connectivity index (χ4v) is 5.13. The number of aromatic nitrogens is 8. The first-order chi connectivity index (χ1) is 22.8. The first-order valence-electron chi connectivity index (χ1n) is 13.8. The number of nitrogen functional groups attached to an aromatic ring is 2. The van der Waals surface area contributed by atoms with Crippen LogP contribution in [0.4, 0.5) is 20.4 Å². The summed E-state index contributed by atoms with van der Waals surface area (Å²) in [6, 6.07) is 0. The smallest absolute Gasteiger partial charge is 0.409 e. The molecule has 22 heteroatoms. The van der Waals surface area contributed by atoms with Crippen molar-refractivity contribution in [3.05, 3.63) is 47.6 Å². The van der Waals surface area contributed by atoms with E-state index in [0.717, 1.165) is 0 Å². The zero-order chi connectivity index (χ0) is 35.0. The molecule has 6 rings (SSSR count). The van der Waals surface area contributed by atoms with Crippen LogP contribution in [-0.2, 0) is 28.5 Å². The average molecular weight is 689 g/mol. The second-order valence-corrected chi connectivity index (χ2v) is 10.5. The van der Waals surface area contributed by atoms with E-state index in [9.17, 15) is 28.6 Å². The molecule has 0 spiro atoms. The molecule has 0 radical (unpaired) electrons. The second kappa shape index (κ2) is 13.8. The number of fused-ring (bicyclic) bond motifs is 2. The van der Waals surface area contributed by atoms with Crippen LogP contribution in [0.25, 0.3) is 32.0 Å². The van der Waals surface area contributed by atoms with E-state index in [1.165, 1.54) is 35.6 Å². The number of carbonyl (C=O) groups is 2. The Bertz CT molecular complexity index is 1980. The Morgan fingerprint density at radius 2 is 1.43 bits per heavy atom. The van der Waals surface area contributed by atoms with Gasteiger partial charge in [0.15, 0.2) is 46.7 Å². The van der Waals surface area contributed by atoms with Gasteiger partial charge in [-0.05, 0) is 0 Å². The number of carbonyl (C=O) groups excluding carboxylic acids is 2. The van der Waals surface area contributed by atoms with Gasteiger partial charge in [0.25, 0.3) is 0 Å². The zero-order valence-electron chi connectivity index (χ0n) is 25.0. The van der Waals surface area contributed by atoms with Crippen LogP contribution < -0.4 is 11.5 Å². The molecule has 4 aromatic heterocycles. The van der Waals surface area contributed by atoms with Crippen molar-refractivity contribution >= 4 is 45.9 Å². The zero-order valence-corrected chi connectivity index (χ0v) is 25.0. The van der Waals surface area contributed by atoms with Crippen LogP contribution in [0.15, 0.2) is 12.7 Å². The summed E-state index contributed by atoms with van der Waals surface area (Å²) in [6.07, 6.45) is -3.32. The van der Waals surface area contributed by atoms with Gasteiger partial charge in [-0.3, -0.25) is 37.9 Å². The number of esters is 2. The summed E-state index contributed by atoms with van der Waals surface area (Å²) >= 11 is 0. The van der Waals surface area contributed by atoms with Gasteiger partial charge in [-0.25, -0.2) is 23.1 Å². The Labute approximate surface area is 275 Å².